The molecular formula is C15H18N4OS. The molecule has 0 aromatic carbocycles. The molecule has 1 fully saturated rings. The number of aryl methyl sites for hydroxylation is 3. The molecule has 0 saturated carbocycles. The highest BCUT2D eigenvalue weighted by Crippen LogP contribution is 2.40. The van der Waals surface area contributed by atoms with Crippen molar-refractivity contribution in [1.82, 2.24) is 14.9 Å². The lowest BCUT2D eigenvalue weighted by molar-refractivity contribution is -0.118. The molecule has 2 aliphatic rings. The molecule has 0 spiro atoms. The van der Waals surface area contributed by atoms with Crippen LogP contribution in [0.15, 0.2) is 0 Å². The van der Waals surface area contributed by atoms with Gasteiger partial charge in [0.1, 0.15) is 16.5 Å². The average molecular weight is 302 g/mol. The van der Waals surface area contributed by atoms with Crippen molar-refractivity contribution in [2.45, 2.75) is 26.2 Å². The molecule has 1 aliphatic carbocycles. The van der Waals surface area contributed by atoms with Crippen molar-refractivity contribution < 1.29 is 4.79 Å². The van der Waals surface area contributed by atoms with Crippen LogP contribution in [-0.2, 0) is 17.6 Å². The van der Waals surface area contributed by atoms with Gasteiger partial charge in [-0.2, -0.15) is 0 Å². The molecule has 2 aromatic rings. The van der Waals surface area contributed by atoms with Gasteiger partial charge in [-0.1, -0.05) is 0 Å². The first kappa shape index (κ1) is 13.0. The topological polar surface area (TPSA) is 49.3 Å². The molecule has 2 aromatic heterocycles. The number of hydrogen-bond donors (Lipinski definition) is 0. The number of amides is 1. The Morgan fingerprint density at radius 2 is 1.95 bits per heavy atom. The zero-order valence-corrected chi connectivity index (χ0v) is 12.9. The van der Waals surface area contributed by atoms with Gasteiger partial charge in [-0.05, 0) is 31.7 Å². The van der Waals surface area contributed by atoms with Crippen LogP contribution in [0, 0.1) is 6.92 Å². The molecule has 110 valence electrons. The first-order chi connectivity index (χ1) is 10.3. The lowest BCUT2D eigenvalue weighted by Crippen LogP contribution is -2.46. The minimum atomic E-state index is 0.778. The summed E-state index contributed by atoms with van der Waals surface area (Å²) in [5, 5.41) is 1.28. The van der Waals surface area contributed by atoms with Crippen molar-refractivity contribution in [3.05, 3.63) is 16.3 Å². The zero-order chi connectivity index (χ0) is 14.4. The summed E-state index contributed by atoms with van der Waals surface area (Å²) in [4.78, 5) is 27.0. The van der Waals surface area contributed by atoms with E-state index >= 15 is 0 Å². The van der Waals surface area contributed by atoms with Crippen molar-refractivity contribution in [1.29, 1.82) is 0 Å². The lowest BCUT2D eigenvalue weighted by Gasteiger charge is -2.33. The second-order valence-corrected chi connectivity index (χ2v) is 6.84. The Morgan fingerprint density at radius 3 is 2.71 bits per heavy atom. The van der Waals surface area contributed by atoms with E-state index in [4.69, 9.17) is 4.98 Å². The fourth-order valence-corrected chi connectivity index (χ4v) is 4.65. The summed E-state index contributed by atoms with van der Waals surface area (Å²) >= 11 is 1.84. The van der Waals surface area contributed by atoms with Gasteiger partial charge in [0.15, 0.2) is 0 Å². The maximum Gasteiger partial charge on any atom is 0.209 e. The molecule has 1 aliphatic heterocycles. The molecule has 0 N–H and O–H groups in total. The first-order valence-corrected chi connectivity index (χ1v) is 8.31. The molecule has 4 rings (SSSR count). The molecule has 0 bridgehead atoms. The van der Waals surface area contributed by atoms with Gasteiger partial charge < -0.3 is 9.80 Å². The largest absolute Gasteiger partial charge is 0.352 e. The summed E-state index contributed by atoms with van der Waals surface area (Å²) in [5.74, 6) is 1.93. The molecule has 0 unspecified atom stereocenters. The highest BCUT2D eigenvalue weighted by Gasteiger charge is 2.25. The van der Waals surface area contributed by atoms with Crippen LogP contribution in [0.5, 0.6) is 0 Å². The summed E-state index contributed by atoms with van der Waals surface area (Å²) in [6.45, 7) is 5.24. The van der Waals surface area contributed by atoms with Gasteiger partial charge in [-0.3, -0.25) is 4.79 Å². The number of hydrogen-bond acceptors (Lipinski definition) is 5. The smallest absolute Gasteiger partial charge is 0.209 e. The third-order valence-corrected chi connectivity index (χ3v) is 5.61. The summed E-state index contributed by atoms with van der Waals surface area (Å²) in [7, 11) is 0. The predicted molar refractivity (Wildman–Crippen MR) is 84.0 cm³/mol. The Hall–Kier alpha value is -1.69. The van der Waals surface area contributed by atoms with Gasteiger partial charge in [-0.15, -0.1) is 11.3 Å². The van der Waals surface area contributed by atoms with E-state index in [0.29, 0.717) is 0 Å². The maximum absolute atomic E-state index is 10.9. The van der Waals surface area contributed by atoms with E-state index in [9.17, 15) is 4.79 Å². The monoisotopic (exact) mass is 302 g/mol. The number of carbonyl (C=O) groups is 1. The van der Waals surface area contributed by atoms with Gasteiger partial charge in [0.25, 0.3) is 0 Å². The SMILES string of the molecule is Cc1nc(N2CCN(C=O)CC2)c2c3c(sc2n1)CCC3. The van der Waals surface area contributed by atoms with Crippen LogP contribution in [0.25, 0.3) is 10.2 Å². The number of nitrogens with zero attached hydrogens (tertiary/aromatic N) is 4. The molecule has 0 radical (unpaired) electrons. The summed E-state index contributed by atoms with van der Waals surface area (Å²) in [5.41, 5.74) is 1.47. The van der Waals surface area contributed by atoms with Crippen LogP contribution < -0.4 is 4.90 Å². The van der Waals surface area contributed by atoms with Gasteiger partial charge in [0.2, 0.25) is 6.41 Å². The number of anilines is 1. The van der Waals surface area contributed by atoms with E-state index < -0.39 is 0 Å². The first-order valence-electron chi connectivity index (χ1n) is 7.49. The third-order valence-electron chi connectivity index (χ3n) is 4.42. The van der Waals surface area contributed by atoms with Crippen molar-refractivity contribution >= 4 is 33.8 Å². The van der Waals surface area contributed by atoms with Crippen LogP contribution in [0.1, 0.15) is 22.7 Å². The van der Waals surface area contributed by atoms with E-state index in [2.05, 4.69) is 9.88 Å². The number of fused-ring (bicyclic) bond motifs is 3. The van der Waals surface area contributed by atoms with Crippen LogP contribution >= 0.6 is 11.3 Å². The van der Waals surface area contributed by atoms with E-state index in [1.54, 1.807) is 0 Å². The molecule has 21 heavy (non-hydrogen) atoms. The van der Waals surface area contributed by atoms with E-state index in [0.717, 1.165) is 55.5 Å². The highest BCUT2D eigenvalue weighted by atomic mass is 32.1. The van der Waals surface area contributed by atoms with Crippen molar-refractivity contribution in [2.75, 3.05) is 31.1 Å². The van der Waals surface area contributed by atoms with Crippen LogP contribution in [-0.4, -0.2) is 47.5 Å². The van der Waals surface area contributed by atoms with Crippen molar-refractivity contribution in [3.8, 4) is 0 Å². The van der Waals surface area contributed by atoms with E-state index in [1.807, 2.05) is 23.2 Å². The number of aromatic nitrogens is 2. The zero-order valence-electron chi connectivity index (χ0n) is 12.1. The van der Waals surface area contributed by atoms with Crippen LogP contribution in [0.3, 0.4) is 0 Å². The van der Waals surface area contributed by atoms with Crippen LogP contribution in [0.2, 0.25) is 0 Å². The molecule has 1 saturated heterocycles. The molecule has 6 heteroatoms. The van der Waals surface area contributed by atoms with Gasteiger partial charge in [0.05, 0.1) is 5.39 Å². The fourth-order valence-electron chi connectivity index (χ4n) is 3.35. The van der Waals surface area contributed by atoms with Crippen molar-refractivity contribution in [3.63, 3.8) is 0 Å². The number of rotatable bonds is 2. The summed E-state index contributed by atoms with van der Waals surface area (Å²) in [6.07, 6.45) is 4.54. The lowest BCUT2D eigenvalue weighted by atomic mass is 10.1. The summed E-state index contributed by atoms with van der Waals surface area (Å²) in [6, 6.07) is 0. The standard InChI is InChI=1S/C15H18N4OS/c1-10-16-14(19-7-5-18(9-20)6-8-19)13-11-3-2-4-12(11)21-15(13)17-10/h9H,2-8H2,1H3. The second-order valence-electron chi connectivity index (χ2n) is 5.76. The second kappa shape index (κ2) is 4.94. The number of piperazine rings is 1. The van der Waals surface area contributed by atoms with Crippen molar-refractivity contribution in [2.24, 2.45) is 0 Å². The maximum atomic E-state index is 10.9. The highest BCUT2D eigenvalue weighted by molar-refractivity contribution is 7.19. The molecule has 3 heterocycles. The average Bonchev–Trinajstić information content (AvgIpc) is 3.06. The predicted octanol–water partition coefficient (Wildman–Crippen LogP) is 1.77. The number of thiophene rings is 1. The Kier molecular flexibility index (Phi) is 3.06. The third kappa shape index (κ3) is 2.09. The molecule has 5 nitrogen and oxygen atoms in total. The Bertz CT molecular complexity index is 703. The molecular weight excluding hydrogens is 284 g/mol. The number of carbonyl (C=O) groups excluding carboxylic acids is 1. The quantitative estimate of drug-likeness (QED) is 0.793. The van der Waals surface area contributed by atoms with Gasteiger partial charge in [0, 0.05) is 31.1 Å². The van der Waals surface area contributed by atoms with E-state index in [1.165, 1.54) is 28.7 Å². The van der Waals surface area contributed by atoms with E-state index in [-0.39, 0.29) is 0 Å². The fraction of sp³-hybridized carbons (Fsp3) is 0.533. The van der Waals surface area contributed by atoms with Crippen LogP contribution in [0.4, 0.5) is 5.82 Å². The molecule has 0 atom stereocenters. The summed E-state index contributed by atoms with van der Waals surface area (Å²) < 4.78 is 0. The normalized spacial score (nSPS) is 18.3. The Morgan fingerprint density at radius 1 is 1.14 bits per heavy atom. The minimum Gasteiger partial charge on any atom is -0.352 e. The van der Waals surface area contributed by atoms with Gasteiger partial charge >= 0.3 is 0 Å². The Balaban J connectivity index is 1.79. The van der Waals surface area contributed by atoms with Gasteiger partial charge in [-0.25, -0.2) is 9.97 Å². The molecule has 1 amide bonds. The Labute approximate surface area is 127 Å². The minimum absolute atomic E-state index is 0.778.